The normalized spacial score (nSPS) is 50.0. The smallest absolute Gasteiger partial charge is 0.0605 e. The zero-order chi connectivity index (χ0) is 13.5. The van der Waals surface area contributed by atoms with Gasteiger partial charge in [-0.3, -0.25) is 0 Å². The van der Waals surface area contributed by atoms with Crippen molar-refractivity contribution in [3.05, 3.63) is 0 Å². The summed E-state index contributed by atoms with van der Waals surface area (Å²) >= 11 is 0. The van der Waals surface area contributed by atoms with Crippen molar-refractivity contribution in [1.82, 2.24) is 0 Å². The summed E-state index contributed by atoms with van der Waals surface area (Å²) in [7, 11) is 1.89. The zero-order valence-corrected chi connectivity index (χ0v) is 12.9. The summed E-state index contributed by atoms with van der Waals surface area (Å²) in [4.78, 5) is 0. The van der Waals surface area contributed by atoms with E-state index in [1.165, 1.54) is 51.4 Å². The summed E-state index contributed by atoms with van der Waals surface area (Å²) in [6, 6.07) is 0. The van der Waals surface area contributed by atoms with Crippen molar-refractivity contribution in [2.75, 3.05) is 20.3 Å². The van der Waals surface area contributed by atoms with Crippen LogP contribution in [0.15, 0.2) is 0 Å². The average molecular weight is 278 g/mol. The predicted octanol–water partition coefficient (Wildman–Crippen LogP) is 3.89. The molecule has 5 aliphatic carbocycles. The van der Waals surface area contributed by atoms with E-state index in [1.54, 1.807) is 0 Å². The summed E-state index contributed by atoms with van der Waals surface area (Å²) in [6.07, 6.45) is 12.1. The maximum atomic E-state index is 6.20. The number of methoxy groups -OCH3 is 1. The zero-order valence-electron chi connectivity index (χ0n) is 12.9. The molecular weight excluding hydrogens is 248 g/mol. The standard InChI is InChI=1S/C18H30O2/c1-19-18-9-13-7-16(17(18)8-13)11-20-10-15-6-12-2-4-14(15)5-3-12/h12-18H,2-11H2,1H3. The Bertz CT molecular complexity index is 334. The maximum Gasteiger partial charge on any atom is 0.0605 e. The molecule has 5 unspecified atom stereocenters. The topological polar surface area (TPSA) is 18.5 Å². The van der Waals surface area contributed by atoms with Crippen molar-refractivity contribution in [3.8, 4) is 0 Å². The van der Waals surface area contributed by atoms with Crippen molar-refractivity contribution in [2.45, 2.75) is 57.5 Å². The molecule has 0 aliphatic heterocycles. The minimum Gasteiger partial charge on any atom is -0.381 e. The second-order valence-electron chi connectivity index (χ2n) is 8.09. The molecule has 5 fully saturated rings. The van der Waals surface area contributed by atoms with Crippen molar-refractivity contribution < 1.29 is 9.47 Å². The minimum absolute atomic E-state index is 0.535. The first-order valence-corrected chi connectivity index (χ1v) is 8.94. The van der Waals surface area contributed by atoms with Crippen LogP contribution in [0, 0.1) is 35.5 Å². The third-order valence-electron chi connectivity index (χ3n) is 7.05. The van der Waals surface area contributed by atoms with E-state index in [0.29, 0.717) is 6.10 Å². The van der Waals surface area contributed by atoms with E-state index >= 15 is 0 Å². The number of fused-ring (bicyclic) bond motifs is 5. The highest BCUT2D eigenvalue weighted by Gasteiger charge is 2.46. The van der Waals surface area contributed by atoms with Crippen molar-refractivity contribution >= 4 is 0 Å². The van der Waals surface area contributed by atoms with E-state index in [2.05, 4.69) is 0 Å². The molecule has 0 amide bonds. The Morgan fingerprint density at radius 2 is 1.55 bits per heavy atom. The molecule has 2 nitrogen and oxygen atoms in total. The number of hydrogen-bond acceptors (Lipinski definition) is 2. The Kier molecular flexibility index (Phi) is 3.80. The first kappa shape index (κ1) is 13.6. The van der Waals surface area contributed by atoms with Gasteiger partial charge in [-0.25, -0.2) is 0 Å². The Balaban J connectivity index is 1.23. The van der Waals surface area contributed by atoms with Gasteiger partial charge in [0, 0.05) is 20.3 Å². The molecule has 0 aromatic carbocycles. The molecule has 20 heavy (non-hydrogen) atoms. The van der Waals surface area contributed by atoms with Gasteiger partial charge in [-0.2, -0.15) is 0 Å². The lowest BCUT2D eigenvalue weighted by Crippen LogP contribution is -2.35. The fourth-order valence-electron chi connectivity index (χ4n) is 5.98. The first-order valence-electron chi connectivity index (χ1n) is 8.94. The lowest BCUT2D eigenvalue weighted by atomic mass is 9.65. The lowest BCUT2D eigenvalue weighted by Gasteiger charge is -2.42. The summed E-state index contributed by atoms with van der Waals surface area (Å²) in [5, 5.41) is 0. The van der Waals surface area contributed by atoms with Crippen LogP contribution in [-0.2, 0) is 9.47 Å². The second-order valence-corrected chi connectivity index (χ2v) is 8.09. The van der Waals surface area contributed by atoms with E-state index in [9.17, 15) is 0 Å². The molecule has 0 aromatic rings. The van der Waals surface area contributed by atoms with E-state index in [4.69, 9.17) is 9.47 Å². The Morgan fingerprint density at radius 3 is 2.20 bits per heavy atom. The van der Waals surface area contributed by atoms with Crippen molar-refractivity contribution in [2.24, 2.45) is 35.5 Å². The summed E-state index contributed by atoms with van der Waals surface area (Å²) < 4.78 is 11.9. The molecule has 5 aliphatic rings. The third kappa shape index (κ3) is 2.43. The Morgan fingerprint density at radius 1 is 0.800 bits per heavy atom. The molecule has 0 radical (unpaired) electrons. The van der Waals surface area contributed by atoms with Crippen LogP contribution in [0.1, 0.15) is 51.4 Å². The van der Waals surface area contributed by atoms with Crippen LogP contribution >= 0.6 is 0 Å². The average Bonchev–Trinajstić information content (AvgIpc) is 3.08. The van der Waals surface area contributed by atoms with Gasteiger partial charge in [-0.15, -0.1) is 0 Å². The van der Waals surface area contributed by atoms with Crippen LogP contribution < -0.4 is 0 Å². The Labute approximate surface area is 123 Å². The molecule has 0 spiro atoms. The van der Waals surface area contributed by atoms with Crippen LogP contribution in [0.4, 0.5) is 0 Å². The van der Waals surface area contributed by atoms with Gasteiger partial charge in [-0.1, -0.05) is 12.8 Å². The highest BCUT2D eigenvalue weighted by atomic mass is 16.5. The van der Waals surface area contributed by atoms with Crippen LogP contribution in [0.3, 0.4) is 0 Å². The Hall–Kier alpha value is -0.0800. The molecule has 4 bridgehead atoms. The van der Waals surface area contributed by atoms with E-state index in [0.717, 1.165) is 48.7 Å². The number of ether oxygens (including phenoxy) is 2. The molecule has 0 N–H and O–H groups in total. The number of hydrogen-bond donors (Lipinski definition) is 0. The summed E-state index contributed by atoms with van der Waals surface area (Å²) in [5.41, 5.74) is 0. The summed E-state index contributed by atoms with van der Waals surface area (Å²) in [5.74, 6) is 5.44. The highest BCUT2D eigenvalue weighted by molar-refractivity contribution is 4.96. The molecule has 2 heteroatoms. The van der Waals surface area contributed by atoms with Crippen LogP contribution in [0.2, 0.25) is 0 Å². The molecular formula is C18H30O2. The van der Waals surface area contributed by atoms with Crippen LogP contribution in [0.25, 0.3) is 0 Å². The van der Waals surface area contributed by atoms with Gasteiger partial charge in [0.05, 0.1) is 6.10 Å². The third-order valence-corrected chi connectivity index (χ3v) is 7.05. The molecule has 0 aromatic heterocycles. The summed E-state index contributed by atoms with van der Waals surface area (Å²) in [6.45, 7) is 2.06. The maximum absolute atomic E-state index is 6.20. The second kappa shape index (κ2) is 5.61. The minimum atomic E-state index is 0.535. The SMILES string of the molecule is COC1CC2CC(COCC3CC4CCC3CC4)C1C2. The molecule has 114 valence electrons. The van der Waals surface area contributed by atoms with Crippen molar-refractivity contribution in [1.29, 1.82) is 0 Å². The molecule has 5 atom stereocenters. The molecule has 5 rings (SSSR count). The quantitative estimate of drug-likeness (QED) is 0.759. The van der Waals surface area contributed by atoms with Gasteiger partial charge >= 0.3 is 0 Å². The van der Waals surface area contributed by atoms with Crippen LogP contribution in [-0.4, -0.2) is 26.4 Å². The highest BCUT2D eigenvalue weighted by Crippen LogP contribution is 2.50. The monoisotopic (exact) mass is 278 g/mol. The molecule has 0 heterocycles. The van der Waals surface area contributed by atoms with Gasteiger partial charge in [0.1, 0.15) is 0 Å². The van der Waals surface area contributed by atoms with Gasteiger partial charge in [0.25, 0.3) is 0 Å². The van der Waals surface area contributed by atoms with E-state index in [-0.39, 0.29) is 0 Å². The van der Waals surface area contributed by atoms with Gasteiger partial charge in [-0.05, 0) is 74.0 Å². The van der Waals surface area contributed by atoms with Crippen molar-refractivity contribution in [3.63, 3.8) is 0 Å². The number of rotatable bonds is 5. The van der Waals surface area contributed by atoms with Gasteiger partial charge in [0.15, 0.2) is 0 Å². The molecule has 5 saturated carbocycles. The predicted molar refractivity (Wildman–Crippen MR) is 79.5 cm³/mol. The fraction of sp³-hybridized carbons (Fsp3) is 1.00. The van der Waals surface area contributed by atoms with Gasteiger partial charge < -0.3 is 9.47 Å². The van der Waals surface area contributed by atoms with Gasteiger partial charge in [0.2, 0.25) is 0 Å². The van der Waals surface area contributed by atoms with Crippen LogP contribution in [0.5, 0.6) is 0 Å². The van der Waals surface area contributed by atoms with E-state index < -0.39 is 0 Å². The lowest BCUT2D eigenvalue weighted by molar-refractivity contribution is -0.0259. The largest absolute Gasteiger partial charge is 0.381 e. The van der Waals surface area contributed by atoms with E-state index in [1.807, 2.05) is 7.11 Å². The fourth-order valence-corrected chi connectivity index (χ4v) is 5.98. The first-order chi connectivity index (χ1) is 9.83. The molecule has 0 saturated heterocycles.